The summed E-state index contributed by atoms with van der Waals surface area (Å²) < 4.78 is 3.22. The van der Waals surface area contributed by atoms with Gasteiger partial charge in [-0.2, -0.15) is 9.61 Å². The van der Waals surface area contributed by atoms with Crippen molar-refractivity contribution in [3.63, 3.8) is 0 Å². The molecule has 3 aromatic heterocycles. The highest BCUT2D eigenvalue weighted by molar-refractivity contribution is 5.63. The van der Waals surface area contributed by atoms with E-state index in [1.165, 1.54) is 10.8 Å². The van der Waals surface area contributed by atoms with Gasteiger partial charge in [0.05, 0.1) is 18.4 Å². The second kappa shape index (κ2) is 6.01. The van der Waals surface area contributed by atoms with Crippen molar-refractivity contribution in [1.29, 1.82) is 0 Å². The smallest absolute Gasteiger partial charge is 0.278 e. The molecule has 0 saturated heterocycles. The van der Waals surface area contributed by atoms with E-state index in [9.17, 15) is 4.79 Å². The van der Waals surface area contributed by atoms with Crippen molar-refractivity contribution >= 4 is 5.78 Å². The summed E-state index contributed by atoms with van der Waals surface area (Å²) in [5, 5.41) is 7.23. The second-order valence-corrected chi connectivity index (χ2v) is 6.27. The molecule has 7 nitrogen and oxygen atoms in total. The lowest BCUT2D eigenvalue weighted by atomic mass is 10.00. The molecule has 1 N–H and O–H groups in total. The van der Waals surface area contributed by atoms with E-state index in [0.29, 0.717) is 23.6 Å². The van der Waals surface area contributed by atoms with Gasteiger partial charge in [0.1, 0.15) is 6.33 Å². The number of hydrogen-bond donors (Lipinski definition) is 1. The van der Waals surface area contributed by atoms with Crippen LogP contribution in [0.15, 0.2) is 53.8 Å². The molecule has 7 heteroatoms. The van der Waals surface area contributed by atoms with E-state index in [1.54, 1.807) is 6.20 Å². The van der Waals surface area contributed by atoms with Gasteiger partial charge in [-0.3, -0.25) is 14.6 Å². The van der Waals surface area contributed by atoms with Gasteiger partial charge < -0.3 is 0 Å². The summed E-state index contributed by atoms with van der Waals surface area (Å²) >= 11 is 0. The molecule has 0 aliphatic heterocycles. The second-order valence-electron chi connectivity index (χ2n) is 6.27. The van der Waals surface area contributed by atoms with Crippen LogP contribution in [0.25, 0.3) is 17.0 Å². The number of nitrogens with one attached hydrogen (secondary N) is 1. The highest BCUT2D eigenvalue weighted by Gasteiger charge is 2.19. The molecule has 3 heterocycles. The van der Waals surface area contributed by atoms with Crippen molar-refractivity contribution in [3.05, 3.63) is 70.5 Å². The quantitative estimate of drug-likeness (QED) is 0.621. The zero-order valence-corrected chi connectivity index (χ0v) is 14.0. The van der Waals surface area contributed by atoms with E-state index in [-0.39, 0.29) is 11.5 Å². The van der Waals surface area contributed by atoms with Crippen molar-refractivity contribution < 1.29 is 0 Å². The molecule has 0 aliphatic rings. The fraction of sp³-hybridized carbons (Fsp3) is 0.222. The topological polar surface area (TPSA) is 80.9 Å². The Hall–Kier alpha value is -3.22. The van der Waals surface area contributed by atoms with E-state index < -0.39 is 0 Å². The Morgan fingerprint density at radius 3 is 2.76 bits per heavy atom. The predicted molar refractivity (Wildman–Crippen MR) is 94.5 cm³/mol. The number of aromatic nitrogens is 6. The van der Waals surface area contributed by atoms with Crippen LogP contribution in [0.1, 0.15) is 30.9 Å². The summed E-state index contributed by atoms with van der Waals surface area (Å²) in [6.07, 6.45) is 5.14. The van der Waals surface area contributed by atoms with Crippen molar-refractivity contribution in [2.75, 3.05) is 0 Å². The van der Waals surface area contributed by atoms with E-state index in [4.69, 9.17) is 0 Å². The maximum atomic E-state index is 12.7. The van der Waals surface area contributed by atoms with Gasteiger partial charge >= 0.3 is 0 Å². The summed E-state index contributed by atoms with van der Waals surface area (Å²) in [4.78, 5) is 21.4. The molecule has 0 spiro atoms. The molecule has 0 unspecified atom stereocenters. The summed E-state index contributed by atoms with van der Waals surface area (Å²) in [5.74, 6) is 0.396. The van der Waals surface area contributed by atoms with Gasteiger partial charge in [0.2, 0.25) is 0 Å². The fourth-order valence-electron chi connectivity index (χ4n) is 2.95. The number of aromatic amines is 1. The van der Waals surface area contributed by atoms with Gasteiger partial charge in [0.15, 0.2) is 0 Å². The average molecular weight is 334 g/mol. The molecule has 0 atom stereocenters. The number of H-pyrrole nitrogens is 1. The van der Waals surface area contributed by atoms with Gasteiger partial charge in [-0.25, -0.2) is 9.97 Å². The Bertz CT molecular complexity index is 1070. The molecular formula is C18H18N6O. The predicted octanol–water partition coefficient (Wildman–Crippen LogP) is 2.45. The Labute approximate surface area is 144 Å². The minimum Gasteiger partial charge on any atom is -0.278 e. The minimum absolute atomic E-state index is 0.0349. The highest BCUT2D eigenvalue weighted by Crippen LogP contribution is 2.24. The molecule has 4 aromatic rings. The van der Waals surface area contributed by atoms with Crippen LogP contribution >= 0.6 is 0 Å². The lowest BCUT2D eigenvalue weighted by Crippen LogP contribution is -2.22. The molecule has 126 valence electrons. The number of benzene rings is 1. The average Bonchev–Trinajstić information content (AvgIpc) is 3.24. The van der Waals surface area contributed by atoms with Crippen molar-refractivity contribution in [2.45, 2.75) is 26.3 Å². The van der Waals surface area contributed by atoms with Crippen LogP contribution in [-0.4, -0.2) is 29.4 Å². The molecule has 0 amide bonds. The molecule has 0 bridgehead atoms. The summed E-state index contributed by atoms with van der Waals surface area (Å²) in [6.45, 7) is 4.64. The van der Waals surface area contributed by atoms with Gasteiger partial charge in [-0.05, 0) is 11.5 Å². The Morgan fingerprint density at radius 2 is 2.00 bits per heavy atom. The fourth-order valence-corrected chi connectivity index (χ4v) is 2.95. The van der Waals surface area contributed by atoms with E-state index >= 15 is 0 Å². The first kappa shape index (κ1) is 15.3. The largest absolute Gasteiger partial charge is 0.278 e. The van der Waals surface area contributed by atoms with E-state index in [0.717, 1.165) is 11.1 Å². The van der Waals surface area contributed by atoms with E-state index in [1.807, 2.05) is 42.9 Å². The van der Waals surface area contributed by atoms with Crippen molar-refractivity contribution in [3.8, 4) is 11.3 Å². The van der Waals surface area contributed by atoms with Crippen LogP contribution < -0.4 is 5.56 Å². The standard InChI is InChI=1S/C18H18N6O/c1-12(2)15-16(22-18-19-11-21-24(18)17(15)25)14-8-20-23(10-14)9-13-6-4-3-5-7-13/h3-8,10-12H,9H2,1-2H3,(H,19,21,22). The maximum absolute atomic E-state index is 12.7. The molecule has 0 radical (unpaired) electrons. The van der Waals surface area contributed by atoms with Crippen LogP contribution in [0.2, 0.25) is 0 Å². The first-order valence-corrected chi connectivity index (χ1v) is 8.16. The van der Waals surface area contributed by atoms with Gasteiger partial charge in [0, 0.05) is 17.3 Å². The molecule has 0 fully saturated rings. The SMILES string of the molecule is CC(C)c1c(-c2cnn(Cc3ccccc3)c2)nc2nc[nH]n2c1=O. The Balaban J connectivity index is 1.79. The zero-order valence-electron chi connectivity index (χ0n) is 14.0. The molecule has 0 aliphatic carbocycles. The zero-order chi connectivity index (χ0) is 17.4. The molecule has 0 saturated carbocycles. The summed E-state index contributed by atoms with van der Waals surface area (Å²) in [6, 6.07) is 10.1. The van der Waals surface area contributed by atoms with Crippen LogP contribution in [-0.2, 0) is 6.54 Å². The highest BCUT2D eigenvalue weighted by atomic mass is 16.1. The third kappa shape index (κ3) is 2.73. The van der Waals surface area contributed by atoms with Crippen LogP contribution in [0.3, 0.4) is 0 Å². The molecule has 25 heavy (non-hydrogen) atoms. The number of rotatable bonds is 4. The van der Waals surface area contributed by atoms with Crippen molar-refractivity contribution in [1.82, 2.24) is 29.4 Å². The molecule has 4 rings (SSSR count). The lowest BCUT2D eigenvalue weighted by molar-refractivity contribution is 0.687. The first-order valence-electron chi connectivity index (χ1n) is 8.16. The van der Waals surface area contributed by atoms with Crippen molar-refractivity contribution in [2.24, 2.45) is 0 Å². The van der Waals surface area contributed by atoms with Gasteiger partial charge in [-0.15, -0.1) is 0 Å². The minimum atomic E-state index is -0.122. The number of hydrogen-bond acceptors (Lipinski definition) is 4. The Morgan fingerprint density at radius 1 is 1.20 bits per heavy atom. The van der Waals surface area contributed by atoms with Crippen LogP contribution in [0.5, 0.6) is 0 Å². The lowest BCUT2D eigenvalue weighted by Gasteiger charge is -2.09. The first-order chi connectivity index (χ1) is 12.1. The molecular weight excluding hydrogens is 316 g/mol. The van der Waals surface area contributed by atoms with Gasteiger partial charge in [0.25, 0.3) is 11.3 Å². The summed E-state index contributed by atoms with van der Waals surface area (Å²) in [7, 11) is 0. The Kier molecular flexibility index (Phi) is 3.68. The van der Waals surface area contributed by atoms with E-state index in [2.05, 4.69) is 32.3 Å². The summed E-state index contributed by atoms with van der Waals surface area (Å²) in [5.41, 5.74) is 3.16. The third-order valence-corrected chi connectivity index (χ3v) is 4.14. The maximum Gasteiger partial charge on any atom is 0.278 e. The number of fused-ring (bicyclic) bond motifs is 1. The normalized spacial score (nSPS) is 11.5. The monoisotopic (exact) mass is 334 g/mol. The third-order valence-electron chi connectivity index (χ3n) is 4.14. The molecule has 1 aromatic carbocycles. The van der Waals surface area contributed by atoms with Gasteiger partial charge in [-0.1, -0.05) is 44.2 Å². The van der Waals surface area contributed by atoms with Crippen LogP contribution in [0, 0.1) is 0 Å². The number of nitrogens with zero attached hydrogens (tertiary/aromatic N) is 5. The van der Waals surface area contributed by atoms with Crippen LogP contribution in [0.4, 0.5) is 0 Å².